The van der Waals surface area contributed by atoms with E-state index in [0.29, 0.717) is 0 Å². The normalized spacial score (nSPS) is 14.2. The average Bonchev–Trinajstić information content (AvgIpc) is 2.74. The third-order valence-corrected chi connectivity index (χ3v) is 3.88. The van der Waals surface area contributed by atoms with Gasteiger partial charge in [-0.25, -0.2) is 4.98 Å². The summed E-state index contributed by atoms with van der Waals surface area (Å²) in [6, 6.07) is 7.91. The van der Waals surface area contributed by atoms with Gasteiger partial charge in [-0.1, -0.05) is 12.1 Å². The Morgan fingerprint density at radius 3 is 2.83 bits per heavy atom. The third-order valence-electron chi connectivity index (χ3n) is 2.91. The number of aryl methyl sites for hydroxylation is 1. The van der Waals surface area contributed by atoms with Gasteiger partial charge < -0.3 is 10.5 Å². The molecule has 0 aliphatic carbocycles. The van der Waals surface area contributed by atoms with Gasteiger partial charge in [0.25, 0.3) is 0 Å². The molecule has 0 aliphatic heterocycles. The van der Waals surface area contributed by atoms with E-state index in [4.69, 9.17) is 10.5 Å². The zero-order valence-electron chi connectivity index (χ0n) is 10.9. The second kappa shape index (κ2) is 5.08. The highest BCUT2D eigenvalue weighted by molar-refractivity contribution is 7.09. The number of nitrogens with two attached hydrogens (primary N) is 1. The minimum absolute atomic E-state index is 0.432. The van der Waals surface area contributed by atoms with Crippen molar-refractivity contribution in [3.63, 3.8) is 0 Å². The van der Waals surface area contributed by atoms with E-state index in [0.717, 1.165) is 28.4 Å². The summed E-state index contributed by atoms with van der Waals surface area (Å²) in [6.07, 6.45) is 0.735. The summed E-state index contributed by atoms with van der Waals surface area (Å²) in [6.45, 7) is 4.03. The molecule has 0 amide bonds. The largest absolute Gasteiger partial charge is 0.497 e. The van der Waals surface area contributed by atoms with Crippen molar-refractivity contribution in [2.75, 3.05) is 7.11 Å². The van der Waals surface area contributed by atoms with Gasteiger partial charge >= 0.3 is 0 Å². The number of thiazole rings is 1. The third kappa shape index (κ3) is 2.89. The first kappa shape index (κ1) is 13.1. The van der Waals surface area contributed by atoms with Crippen LogP contribution in [0.4, 0.5) is 0 Å². The first-order valence-corrected chi connectivity index (χ1v) is 6.73. The van der Waals surface area contributed by atoms with Gasteiger partial charge in [-0.3, -0.25) is 0 Å². The molecule has 0 saturated carbocycles. The highest BCUT2D eigenvalue weighted by atomic mass is 32.1. The molecule has 1 heterocycles. The molecular weight excluding hydrogens is 244 g/mol. The van der Waals surface area contributed by atoms with E-state index in [9.17, 15) is 0 Å². The number of rotatable bonds is 4. The van der Waals surface area contributed by atoms with E-state index in [-0.39, 0.29) is 0 Å². The second-order valence-electron chi connectivity index (χ2n) is 4.71. The lowest BCUT2D eigenvalue weighted by molar-refractivity contribution is 0.410. The number of nitrogens with zero attached hydrogens (tertiary/aromatic N) is 1. The van der Waals surface area contributed by atoms with Crippen LogP contribution in [0.5, 0.6) is 5.75 Å². The van der Waals surface area contributed by atoms with Crippen LogP contribution in [0.3, 0.4) is 0 Å². The maximum Gasteiger partial charge on any atom is 0.119 e. The molecule has 2 aromatic rings. The Morgan fingerprint density at radius 1 is 1.44 bits per heavy atom. The highest BCUT2D eigenvalue weighted by Gasteiger charge is 2.23. The molecule has 96 valence electrons. The maximum absolute atomic E-state index is 6.41. The maximum atomic E-state index is 6.41. The van der Waals surface area contributed by atoms with Crippen molar-refractivity contribution in [3.8, 4) is 5.75 Å². The minimum Gasteiger partial charge on any atom is -0.497 e. The molecule has 1 unspecified atom stereocenters. The van der Waals surface area contributed by atoms with Crippen molar-refractivity contribution in [3.05, 3.63) is 45.9 Å². The van der Waals surface area contributed by atoms with Crippen molar-refractivity contribution < 1.29 is 4.74 Å². The van der Waals surface area contributed by atoms with Crippen molar-refractivity contribution in [1.82, 2.24) is 4.98 Å². The number of hydrogen-bond donors (Lipinski definition) is 1. The Hall–Kier alpha value is -1.39. The topological polar surface area (TPSA) is 48.1 Å². The van der Waals surface area contributed by atoms with Crippen LogP contribution in [0.25, 0.3) is 0 Å². The van der Waals surface area contributed by atoms with E-state index < -0.39 is 5.54 Å². The molecule has 0 bridgehead atoms. The number of methoxy groups -OCH3 is 1. The van der Waals surface area contributed by atoms with Crippen LogP contribution in [0.2, 0.25) is 0 Å². The van der Waals surface area contributed by atoms with Gasteiger partial charge in [-0.2, -0.15) is 0 Å². The van der Waals surface area contributed by atoms with Gasteiger partial charge in [0.05, 0.1) is 12.1 Å². The molecule has 3 nitrogen and oxygen atoms in total. The fraction of sp³-hybridized carbons (Fsp3) is 0.357. The zero-order valence-corrected chi connectivity index (χ0v) is 11.8. The monoisotopic (exact) mass is 262 g/mol. The van der Waals surface area contributed by atoms with E-state index in [1.807, 2.05) is 38.1 Å². The molecule has 0 aliphatic rings. The van der Waals surface area contributed by atoms with E-state index in [1.54, 1.807) is 18.4 Å². The molecule has 1 aromatic heterocycles. The Morgan fingerprint density at radius 2 is 2.22 bits per heavy atom. The zero-order chi connectivity index (χ0) is 13.2. The molecule has 1 atom stereocenters. The minimum atomic E-state index is -0.432. The Kier molecular flexibility index (Phi) is 3.68. The van der Waals surface area contributed by atoms with Crippen LogP contribution in [0.15, 0.2) is 29.6 Å². The molecule has 1 aromatic carbocycles. The molecule has 0 spiro atoms. The van der Waals surface area contributed by atoms with Gasteiger partial charge in [0, 0.05) is 23.0 Å². The van der Waals surface area contributed by atoms with Crippen molar-refractivity contribution in [2.24, 2.45) is 5.73 Å². The number of hydrogen-bond acceptors (Lipinski definition) is 4. The van der Waals surface area contributed by atoms with Gasteiger partial charge in [-0.05, 0) is 31.5 Å². The predicted molar refractivity (Wildman–Crippen MR) is 75.1 cm³/mol. The summed E-state index contributed by atoms with van der Waals surface area (Å²) >= 11 is 1.66. The van der Waals surface area contributed by atoms with Crippen molar-refractivity contribution in [2.45, 2.75) is 25.8 Å². The van der Waals surface area contributed by atoms with Crippen LogP contribution in [0.1, 0.15) is 23.2 Å². The first-order valence-electron chi connectivity index (χ1n) is 5.86. The Labute approximate surface area is 112 Å². The van der Waals surface area contributed by atoms with Crippen LogP contribution in [0, 0.1) is 6.92 Å². The summed E-state index contributed by atoms with van der Waals surface area (Å²) in [4.78, 5) is 4.47. The molecule has 2 rings (SSSR count). The lowest BCUT2D eigenvalue weighted by Crippen LogP contribution is -2.35. The van der Waals surface area contributed by atoms with E-state index in [2.05, 4.69) is 10.4 Å². The number of benzene rings is 1. The van der Waals surface area contributed by atoms with Crippen LogP contribution >= 0.6 is 11.3 Å². The van der Waals surface area contributed by atoms with Gasteiger partial charge in [0.2, 0.25) is 0 Å². The highest BCUT2D eigenvalue weighted by Crippen LogP contribution is 2.26. The lowest BCUT2D eigenvalue weighted by atomic mass is 9.90. The van der Waals surface area contributed by atoms with Crippen molar-refractivity contribution in [1.29, 1.82) is 0 Å². The molecule has 0 fully saturated rings. The average molecular weight is 262 g/mol. The molecule has 0 saturated heterocycles. The Bertz CT molecular complexity index is 534. The first-order chi connectivity index (χ1) is 8.51. The van der Waals surface area contributed by atoms with Crippen molar-refractivity contribution >= 4 is 11.3 Å². The quantitative estimate of drug-likeness (QED) is 0.921. The van der Waals surface area contributed by atoms with E-state index >= 15 is 0 Å². The Balaban J connectivity index is 2.23. The van der Waals surface area contributed by atoms with Gasteiger partial charge in [0.15, 0.2) is 0 Å². The summed E-state index contributed by atoms with van der Waals surface area (Å²) < 4.78 is 5.24. The molecule has 4 heteroatoms. The molecule has 0 radical (unpaired) electrons. The summed E-state index contributed by atoms with van der Waals surface area (Å²) in [5.41, 5.74) is 8.10. The predicted octanol–water partition coefficient (Wildman–Crippen LogP) is 2.88. The fourth-order valence-electron chi connectivity index (χ4n) is 1.88. The smallest absolute Gasteiger partial charge is 0.119 e. The second-order valence-corrected chi connectivity index (χ2v) is 5.65. The number of aromatic nitrogens is 1. The summed E-state index contributed by atoms with van der Waals surface area (Å²) in [5.74, 6) is 0.833. The van der Waals surface area contributed by atoms with Crippen LogP contribution < -0.4 is 10.5 Å². The van der Waals surface area contributed by atoms with Crippen LogP contribution in [-0.2, 0) is 12.0 Å². The molecule has 2 N–H and O–H groups in total. The summed E-state index contributed by atoms with van der Waals surface area (Å²) in [5, 5.41) is 3.12. The van der Waals surface area contributed by atoms with Gasteiger partial charge in [-0.15, -0.1) is 11.3 Å². The lowest BCUT2D eigenvalue weighted by Gasteiger charge is -2.24. The summed E-state index contributed by atoms with van der Waals surface area (Å²) in [7, 11) is 1.66. The van der Waals surface area contributed by atoms with Crippen LogP contribution in [-0.4, -0.2) is 12.1 Å². The van der Waals surface area contributed by atoms with Gasteiger partial charge in [0.1, 0.15) is 5.75 Å². The standard InChI is InChI=1S/C14H18N2OS/c1-10-9-18-13(16-10)8-14(2,15)11-5-4-6-12(7-11)17-3/h4-7,9H,8,15H2,1-3H3. The number of ether oxygens (including phenoxy) is 1. The fourth-order valence-corrected chi connectivity index (χ4v) is 2.82. The molecular formula is C14H18N2OS. The van der Waals surface area contributed by atoms with E-state index in [1.165, 1.54) is 0 Å². The SMILES string of the molecule is COc1cccc(C(C)(N)Cc2nc(C)cs2)c1. The molecule has 18 heavy (non-hydrogen) atoms.